The molecule has 0 spiro atoms. The maximum absolute atomic E-state index is 11.7. The summed E-state index contributed by atoms with van der Waals surface area (Å²) in [7, 11) is 0. The van der Waals surface area contributed by atoms with Crippen molar-refractivity contribution in [1.82, 2.24) is 9.97 Å². The highest BCUT2D eigenvalue weighted by Crippen LogP contribution is 2.30. The van der Waals surface area contributed by atoms with Gasteiger partial charge in [0.2, 0.25) is 0 Å². The van der Waals surface area contributed by atoms with E-state index in [9.17, 15) is 4.79 Å². The minimum absolute atomic E-state index is 0.00245. The van der Waals surface area contributed by atoms with E-state index in [1.165, 1.54) is 19.3 Å². The first kappa shape index (κ1) is 10.4. The lowest BCUT2D eigenvalue weighted by Gasteiger charge is -2.20. The first-order valence-corrected chi connectivity index (χ1v) is 5.59. The summed E-state index contributed by atoms with van der Waals surface area (Å²) >= 11 is 0. The van der Waals surface area contributed by atoms with Crippen LogP contribution in [0.4, 0.5) is 0 Å². The van der Waals surface area contributed by atoms with E-state index in [2.05, 4.69) is 9.97 Å². The zero-order chi connectivity index (χ0) is 10.7. The molecule has 1 aromatic heterocycles. The van der Waals surface area contributed by atoms with E-state index in [4.69, 9.17) is 5.73 Å². The topological polar surface area (TPSA) is 71.8 Å². The van der Waals surface area contributed by atoms with Crippen LogP contribution in [0.5, 0.6) is 0 Å². The molecule has 0 aliphatic heterocycles. The average molecular weight is 207 g/mol. The van der Waals surface area contributed by atoms with Crippen molar-refractivity contribution < 1.29 is 0 Å². The van der Waals surface area contributed by atoms with Crippen molar-refractivity contribution in [1.29, 1.82) is 0 Å². The fourth-order valence-electron chi connectivity index (χ4n) is 2.25. The van der Waals surface area contributed by atoms with Crippen LogP contribution in [-0.2, 0) is 6.54 Å². The number of nitrogens with zero attached hydrogens (tertiary/aromatic N) is 1. The number of hydrogen-bond donors (Lipinski definition) is 2. The molecule has 0 atom stereocenters. The van der Waals surface area contributed by atoms with Crippen molar-refractivity contribution in [3.05, 3.63) is 27.9 Å². The lowest BCUT2D eigenvalue weighted by atomic mass is 9.85. The van der Waals surface area contributed by atoms with E-state index in [-0.39, 0.29) is 5.56 Å². The van der Waals surface area contributed by atoms with E-state index < -0.39 is 0 Å². The molecule has 0 aromatic carbocycles. The number of nitrogens with one attached hydrogen (secondary N) is 1. The highest BCUT2D eigenvalue weighted by Gasteiger charge is 2.18. The van der Waals surface area contributed by atoms with Crippen LogP contribution >= 0.6 is 0 Å². The molecule has 0 unspecified atom stereocenters. The third-order valence-electron chi connectivity index (χ3n) is 3.12. The number of H-pyrrole nitrogens is 1. The molecule has 1 aliphatic rings. The first-order valence-electron chi connectivity index (χ1n) is 5.59. The second-order valence-corrected chi connectivity index (χ2v) is 4.15. The fourth-order valence-corrected chi connectivity index (χ4v) is 2.25. The SMILES string of the molecule is NCc1ncc(C2CCCCC2)c(=O)[nH]1. The van der Waals surface area contributed by atoms with Crippen molar-refractivity contribution in [2.45, 2.75) is 44.6 Å². The van der Waals surface area contributed by atoms with Crippen LogP contribution < -0.4 is 11.3 Å². The Morgan fingerprint density at radius 3 is 2.73 bits per heavy atom. The lowest BCUT2D eigenvalue weighted by Crippen LogP contribution is -2.21. The van der Waals surface area contributed by atoms with Gasteiger partial charge in [-0.2, -0.15) is 0 Å². The Morgan fingerprint density at radius 2 is 2.13 bits per heavy atom. The first-order chi connectivity index (χ1) is 7.31. The van der Waals surface area contributed by atoms with Gasteiger partial charge >= 0.3 is 0 Å². The molecule has 15 heavy (non-hydrogen) atoms. The van der Waals surface area contributed by atoms with Gasteiger partial charge in [0.25, 0.3) is 5.56 Å². The molecule has 0 radical (unpaired) electrons. The van der Waals surface area contributed by atoms with Crippen LogP contribution in [0.3, 0.4) is 0 Å². The fraction of sp³-hybridized carbons (Fsp3) is 0.636. The minimum atomic E-state index is -0.00245. The quantitative estimate of drug-likeness (QED) is 0.767. The Labute approximate surface area is 88.9 Å². The van der Waals surface area contributed by atoms with Gasteiger partial charge in [-0.3, -0.25) is 4.79 Å². The van der Waals surface area contributed by atoms with Gasteiger partial charge in [0.15, 0.2) is 0 Å². The van der Waals surface area contributed by atoms with Crippen molar-refractivity contribution in [2.24, 2.45) is 5.73 Å². The Bertz CT molecular complexity index is 380. The molecule has 1 aromatic rings. The maximum Gasteiger partial charge on any atom is 0.254 e. The summed E-state index contributed by atoms with van der Waals surface area (Å²) in [4.78, 5) is 18.6. The zero-order valence-corrected chi connectivity index (χ0v) is 8.83. The standard InChI is InChI=1S/C11H17N3O/c12-6-10-13-7-9(11(15)14-10)8-4-2-1-3-5-8/h7-8H,1-6,12H2,(H,13,14,15). The molecule has 0 amide bonds. The van der Waals surface area contributed by atoms with Crippen molar-refractivity contribution in [3.63, 3.8) is 0 Å². The summed E-state index contributed by atoms with van der Waals surface area (Å²) in [6.45, 7) is 0.292. The minimum Gasteiger partial charge on any atom is -0.324 e. The van der Waals surface area contributed by atoms with Crippen LogP contribution in [0.25, 0.3) is 0 Å². The third-order valence-corrected chi connectivity index (χ3v) is 3.12. The summed E-state index contributed by atoms with van der Waals surface area (Å²) in [6.07, 6.45) is 7.69. The monoisotopic (exact) mass is 207 g/mol. The normalized spacial score (nSPS) is 17.9. The lowest BCUT2D eigenvalue weighted by molar-refractivity contribution is 0.439. The smallest absolute Gasteiger partial charge is 0.254 e. The predicted octanol–water partition coefficient (Wildman–Crippen LogP) is 1.28. The maximum atomic E-state index is 11.7. The number of aromatic amines is 1. The van der Waals surface area contributed by atoms with Crippen LogP contribution in [-0.4, -0.2) is 9.97 Å². The molecule has 1 fully saturated rings. The molecule has 4 heteroatoms. The molecule has 4 nitrogen and oxygen atoms in total. The second kappa shape index (κ2) is 4.57. The van der Waals surface area contributed by atoms with E-state index in [1.807, 2.05) is 0 Å². The number of aromatic nitrogens is 2. The second-order valence-electron chi connectivity index (χ2n) is 4.15. The molecule has 1 heterocycles. The molecular formula is C11H17N3O. The summed E-state index contributed by atoms with van der Waals surface area (Å²) in [5.74, 6) is 0.974. The molecule has 1 saturated carbocycles. The number of nitrogens with two attached hydrogens (primary N) is 1. The van der Waals surface area contributed by atoms with Crippen LogP contribution in [0.2, 0.25) is 0 Å². The van der Waals surface area contributed by atoms with Crippen LogP contribution in [0.15, 0.2) is 11.0 Å². The number of rotatable bonds is 2. The van der Waals surface area contributed by atoms with Crippen molar-refractivity contribution >= 4 is 0 Å². The van der Waals surface area contributed by atoms with Gasteiger partial charge in [-0.15, -0.1) is 0 Å². The van der Waals surface area contributed by atoms with E-state index in [1.54, 1.807) is 6.20 Å². The van der Waals surface area contributed by atoms with Crippen LogP contribution in [0.1, 0.15) is 49.4 Å². The van der Waals surface area contributed by atoms with Crippen molar-refractivity contribution in [3.8, 4) is 0 Å². The summed E-state index contributed by atoms with van der Waals surface area (Å²) in [5.41, 5.74) is 6.25. The average Bonchev–Trinajstić information content (AvgIpc) is 2.30. The highest BCUT2D eigenvalue weighted by molar-refractivity contribution is 5.12. The predicted molar refractivity (Wildman–Crippen MR) is 58.6 cm³/mol. The van der Waals surface area contributed by atoms with Gasteiger partial charge in [-0.25, -0.2) is 4.98 Å². The van der Waals surface area contributed by atoms with Gasteiger partial charge in [0, 0.05) is 11.8 Å². The Hall–Kier alpha value is -1.16. The molecule has 2 rings (SSSR count). The van der Waals surface area contributed by atoms with Crippen LogP contribution in [0, 0.1) is 0 Å². The largest absolute Gasteiger partial charge is 0.324 e. The summed E-state index contributed by atoms with van der Waals surface area (Å²) < 4.78 is 0. The molecule has 3 N–H and O–H groups in total. The zero-order valence-electron chi connectivity index (χ0n) is 8.83. The van der Waals surface area contributed by atoms with E-state index in [0.717, 1.165) is 18.4 Å². The van der Waals surface area contributed by atoms with Gasteiger partial charge in [0.1, 0.15) is 5.82 Å². The van der Waals surface area contributed by atoms with Gasteiger partial charge < -0.3 is 10.7 Å². The molecule has 0 saturated heterocycles. The van der Waals surface area contributed by atoms with E-state index >= 15 is 0 Å². The molecule has 82 valence electrons. The summed E-state index contributed by atoms with van der Waals surface area (Å²) in [6, 6.07) is 0. The van der Waals surface area contributed by atoms with Gasteiger partial charge in [-0.1, -0.05) is 19.3 Å². The Kier molecular flexibility index (Phi) is 3.16. The Morgan fingerprint density at radius 1 is 1.40 bits per heavy atom. The Balaban J connectivity index is 2.24. The molecule has 0 bridgehead atoms. The molecular weight excluding hydrogens is 190 g/mol. The summed E-state index contributed by atoms with van der Waals surface area (Å²) in [5, 5.41) is 0. The molecule has 1 aliphatic carbocycles. The van der Waals surface area contributed by atoms with E-state index in [0.29, 0.717) is 18.3 Å². The highest BCUT2D eigenvalue weighted by atomic mass is 16.1. The third kappa shape index (κ3) is 2.26. The number of hydrogen-bond acceptors (Lipinski definition) is 3. The van der Waals surface area contributed by atoms with Gasteiger partial charge in [0.05, 0.1) is 6.54 Å². The van der Waals surface area contributed by atoms with Gasteiger partial charge in [-0.05, 0) is 18.8 Å². The van der Waals surface area contributed by atoms with Crippen molar-refractivity contribution in [2.75, 3.05) is 0 Å².